The van der Waals surface area contributed by atoms with Crippen LogP contribution in [0.25, 0.3) is 0 Å². The molecular formula is C15H25N3O. The number of benzene rings is 1. The summed E-state index contributed by atoms with van der Waals surface area (Å²) in [5.74, 6) is 0.128. The SMILES string of the molecule is CCCN(Cc1ccccc1N)C(C)C(=O)N(C)C. The maximum Gasteiger partial charge on any atom is 0.239 e. The van der Waals surface area contributed by atoms with Crippen molar-refractivity contribution in [2.24, 2.45) is 0 Å². The lowest BCUT2D eigenvalue weighted by Crippen LogP contribution is -2.44. The van der Waals surface area contributed by atoms with Crippen LogP contribution in [-0.4, -0.2) is 42.4 Å². The summed E-state index contributed by atoms with van der Waals surface area (Å²) in [7, 11) is 3.58. The standard InChI is InChI=1S/C15H25N3O/c1-5-10-18(12(2)15(19)17(3)4)11-13-8-6-7-9-14(13)16/h6-9,12H,5,10-11,16H2,1-4H3. The van der Waals surface area contributed by atoms with Crippen molar-refractivity contribution in [1.82, 2.24) is 9.80 Å². The number of para-hydroxylation sites is 1. The van der Waals surface area contributed by atoms with E-state index in [0.29, 0.717) is 6.54 Å². The Hall–Kier alpha value is -1.55. The van der Waals surface area contributed by atoms with E-state index in [1.807, 2.05) is 31.2 Å². The Labute approximate surface area is 116 Å². The van der Waals surface area contributed by atoms with E-state index in [0.717, 1.165) is 24.2 Å². The minimum absolute atomic E-state index is 0.128. The van der Waals surface area contributed by atoms with Crippen LogP contribution < -0.4 is 5.73 Å². The minimum atomic E-state index is -0.130. The van der Waals surface area contributed by atoms with Crippen LogP contribution >= 0.6 is 0 Å². The molecule has 1 unspecified atom stereocenters. The number of hydrogen-bond donors (Lipinski definition) is 1. The number of rotatable bonds is 6. The lowest BCUT2D eigenvalue weighted by molar-refractivity contribution is -0.134. The topological polar surface area (TPSA) is 49.6 Å². The molecule has 1 amide bonds. The summed E-state index contributed by atoms with van der Waals surface area (Å²) in [6.45, 7) is 5.67. The largest absolute Gasteiger partial charge is 0.398 e. The summed E-state index contributed by atoms with van der Waals surface area (Å²) in [4.78, 5) is 15.9. The van der Waals surface area contributed by atoms with Gasteiger partial charge in [-0.05, 0) is 31.5 Å². The number of nitrogens with two attached hydrogens (primary N) is 1. The second-order valence-electron chi connectivity index (χ2n) is 5.08. The first-order chi connectivity index (χ1) is 8.97. The highest BCUT2D eigenvalue weighted by atomic mass is 16.2. The predicted octanol–water partition coefficient (Wildman–Crippen LogP) is 1.96. The van der Waals surface area contributed by atoms with Gasteiger partial charge in [0.2, 0.25) is 5.91 Å². The minimum Gasteiger partial charge on any atom is -0.398 e. The van der Waals surface area contributed by atoms with Crippen LogP contribution in [0.4, 0.5) is 5.69 Å². The molecule has 0 heterocycles. The van der Waals surface area contributed by atoms with E-state index >= 15 is 0 Å². The third-order valence-corrected chi connectivity index (χ3v) is 3.29. The zero-order valence-electron chi connectivity index (χ0n) is 12.4. The first-order valence-corrected chi connectivity index (χ1v) is 6.76. The molecular weight excluding hydrogens is 238 g/mol. The summed E-state index contributed by atoms with van der Waals surface area (Å²) < 4.78 is 0. The fourth-order valence-electron chi connectivity index (χ4n) is 2.12. The van der Waals surface area contributed by atoms with E-state index in [1.165, 1.54) is 0 Å². The third kappa shape index (κ3) is 4.24. The average molecular weight is 263 g/mol. The number of carbonyl (C=O) groups excluding carboxylic acids is 1. The molecule has 0 aromatic heterocycles. The van der Waals surface area contributed by atoms with E-state index in [-0.39, 0.29) is 11.9 Å². The number of likely N-dealkylation sites (N-methyl/N-ethyl adjacent to an activating group) is 1. The Morgan fingerprint density at radius 2 is 1.95 bits per heavy atom. The van der Waals surface area contributed by atoms with Crippen molar-refractivity contribution in [3.63, 3.8) is 0 Å². The van der Waals surface area contributed by atoms with E-state index < -0.39 is 0 Å². The molecule has 0 aliphatic carbocycles. The quantitative estimate of drug-likeness (QED) is 0.798. The van der Waals surface area contributed by atoms with Crippen molar-refractivity contribution in [3.05, 3.63) is 29.8 Å². The molecule has 0 aliphatic rings. The Morgan fingerprint density at radius 1 is 1.32 bits per heavy atom. The monoisotopic (exact) mass is 263 g/mol. The van der Waals surface area contributed by atoms with Crippen molar-refractivity contribution in [2.45, 2.75) is 32.9 Å². The van der Waals surface area contributed by atoms with E-state index in [1.54, 1.807) is 19.0 Å². The summed E-state index contributed by atoms with van der Waals surface area (Å²) in [5, 5.41) is 0. The van der Waals surface area contributed by atoms with Crippen LogP contribution in [0.5, 0.6) is 0 Å². The lowest BCUT2D eigenvalue weighted by atomic mass is 10.1. The predicted molar refractivity (Wildman–Crippen MR) is 79.7 cm³/mol. The van der Waals surface area contributed by atoms with Gasteiger partial charge in [-0.2, -0.15) is 0 Å². The molecule has 106 valence electrons. The smallest absolute Gasteiger partial charge is 0.239 e. The molecule has 0 saturated carbocycles. The van der Waals surface area contributed by atoms with Gasteiger partial charge in [0.15, 0.2) is 0 Å². The highest BCUT2D eigenvalue weighted by Gasteiger charge is 2.22. The Kier molecular flexibility index (Phi) is 5.83. The van der Waals surface area contributed by atoms with Crippen LogP contribution in [0.2, 0.25) is 0 Å². The molecule has 1 aromatic rings. The van der Waals surface area contributed by atoms with Crippen molar-refractivity contribution in [1.29, 1.82) is 0 Å². The molecule has 1 atom stereocenters. The van der Waals surface area contributed by atoms with E-state index in [9.17, 15) is 4.79 Å². The van der Waals surface area contributed by atoms with Gasteiger partial charge in [0.05, 0.1) is 6.04 Å². The second-order valence-corrected chi connectivity index (χ2v) is 5.08. The van der Waals surface area contributed by atoms with Crippen LogP contribution in [0.3, 0.4) is 0 Å². The van der Waals surface area contributed by atoms with Crippen LogP contribution in [0.15, 0.2) is 24.3 Å². The Morgan fingerprint density at radius 3 is 2.47 bits per heavy atom. The number of nitrogen functional groups attached to an aromatic ring is 1. The van der Waals surface area contributed by atoms with Gasteiger partial charge in [0.25, 0.3) is 0 Å². The average Bonchev–Trinajstić information content (AvgIpc) is 2.38. The third-order valence-electron chi connectivity index (χ3n) is 3.29. The molecule has 0 spiro atoms. The molecule has 4 heteroatoms. The Bertz CT molecular complexity index is 418. The molecule has 0 saturated heterocycles. The summed E-state index contributed by atoms with van der Waals surface area (Å²) >= 11 is 0. The van der Waals surface area contributed by atoms with Gasteiger partial charge in [0.1, 0.15) is 0 Å². The number of hydrogen-bond acceptors (Lipinski definition) is 3. The lowest BCUT2D eigenvalue weighted by Gasteiger charge is -2.30. The van der Waals surface area contributed by atoms with Crippen molar-refractivity contribution < 1.29 is 4.79 Å². The molecule has 2 N–H and O–H groups in total. The molecule has 0 aliphatic heterocycles. The number of amides is 1. The molecule has 19 heavy (non-hydrogen) atoms. The summed E-state index contributed by atoms with van der Waals surface area (Å²) in [5.41, 5.74) is 7.84. The summed E-state index contributed by atoms with van der Waals surface area (Å²) in [6, 6.07) is 7.70. The number of anilines is 1. The normalized spacial score (nSPS) is 12.5. The van der Waals surface area contributed by atoms with E-state index in [2.05, 4.69) is 11.8 Å². The first kappa shape index (κ1) is 15.5. The maximum atomic E-state index is 12.1. The van der Waals surface area contributed by atoms with Crippen LogP contribution in [-0.2, 0) is 11.3 Å². The van der Waals surface area contributed by atoms with Crippen LogP contribution in [0.1, 0.15) is 25.8 Å². The zero-order valence-corrected chi connectivity index (χ0v) is 12.4. The highest BCUT2D eigenvalue weighted by Crippen LogP contribution is 2.16. The molecule has 1 aromatic carbocycles. The van der Waals surface area contributed by atoms with Crippen LogP contribution in [0, 0.1) is 0 Å². The highest BCUT2D eigenvalue weighted by molar-refractivity contribution is 5.80. The van der Waals surface area contributed by atoms with Gasteiger partial charge >= 0.3 is 0 Å². The van der Waals surface area contributed by atoms with Crippen molar-refractivity contribution in [3.8, 4) is 0 Å². The van der Waals surface area contributed by atoms with Gasteiger partial charge < -0.3 is 10.6 Å². The van der Waals surface area contributed by atoms with Gasteiger partial charge in [-0.1, -0.05) is 25.1 Å². The van der Waals surface area contributed by atoms with Gasteiger partial charge in [0, 0.05) is 26.3 Å². The van der Waals surface area contributed by atoms with Crippen molar-refractivity contribution >= 4 is 11.6 Å². The summed E-state index contributed by atoms with van der Waals surface area (Å²) in [6.07, 6.45) is 1.01. The van der Waals surface area contributed by atoms with Gasteiger partial charge in [-0.25, -0.2) is 0 Å². The fourth-order valence-corrected chi connectivity index (χ4v) is 2.12. The number of nitrogens with zero attached hydrogens (tertiary/aromatic N) is 2. The molecule has 0 fully saturated rings. The maximum absolute atomic E-state index is 12.1. The first-order valence-electron chi connectivity index (χ1n) is 6.76. The number of carbonyl (C=O) groups is 1. The van der Waals surface area contributed by atoms with E-state index in [4.69, 9.17) is 5.73 Å². The van der Waals surface area contributed by atoms with Crippen molar-refractivity contribution in [2.75, 3.05) is 26.4 Å². The second kappa shape index (κ2) is 7.14. The molecule has 1 rings (SSSR count). The Balaban J connectivity index is 2.83. The fraction of sp³-hybridized carbons (Fsp3) is 0.533. The molecule has 0 bridgehead atoms. The zero-order chi connectivity index (χ0) is 14.4. The molecule has 4 nitrogen and oxygen atoms in total. The molecule has 0 radical (unpaired) electrons. The van der Waals surface area contributed by atoms with Gasteiger partial charge in [-0.15, -0.1) is 0 Å². The van der Waals surface area contributed by atoms with Gasteiger partial charge in [-0.3, -0.25) is 9.69 Å².